The summed E-state index contributed by atoms with van der Waals surface area (Å²) in [6.07, 6.45) is 1.56. The molecule has 0 aliphatic heterocycles. The van der Waals surface area contributed by atoms with E-state index in [4.69, 9.17) is 17.4 Å². The number of H-pyrrole nitrogens is 1. The van der Waals surface area contributed by atoms with E-state index in [-0.39, 0.29) is 11.8 Å². The van der Waals surface area contributed by atoms with Crippen molar-refractivity contribution in [3.63, 3.8) is 0 Å². The Bertz CT molecular complexity index is 867. The van der Waals surface area contributed by atoms with Gasteiger partial charge in [0.05, 0.1) is 11.6 Å². The molecule has 3 aromatic rings. The van der Waals surface area contributed by atoms with Crippen molar-refractivity contribution in [3.8, 4) is 11.5 Å². The summed E-state index contributed by atoms with van der Waals surface area (Å²) in [5.74, 6) is 6.29. The maximum absolute atomic E-state index is 11.8. The number of hydrogen-bond acceptors (Lipinski definition) is 6. The van der Waals surface area contributed by atoms with E-state index in [0.29, 0.717) is 17.3 Å². The van der Waals surface area contributed by atoms with Crippen molar-refractivity contribution in [2.45, 2.75) is 6.54 Å². The molecule has 7 nitrogen and oxygen atoms in total. The molecule has 0 unspecified atom stereocenters. The van der Waals surface area contributed by atoms with E-state index in [1.165, 1.54) is 5.01 Å². The lowest BCUT2D eigenvalue weighted by Crippen LogP contribution is -2.34. The molecule has 23 heavy (non-hydrogen) atoms. The van der Waals surface area contributed by atoms with E-state index >= 15 is 0 Å². The zero-order valence-corrected chi connectivity index (χ0v) is 12.7. The second-order valence-corrected chi connectivity index (χ2v) is 5.16. The predicted octanol–water partition coefficient (Wildman–Crippen LogP) is 1.76. The van der Waals surface area contributed by atoms with E-state index in [1.54, 1.807) is 18.3 Å². The number of benzene rings is 1. The molecule has 1 aromatic carbocycles. The van der Waals surface area contributed by atoms with Crippen molar-refractivity contribution in [1.29, 1.82) is 0 Å². The van der Waals surface area contributed by atoms with Crippen LogP contribution in [0.1, 0.15) is 5.56 Å². The standard InChI is InChI=1S/C15H13ClN6O/c16-11-7-4-8-18-12(11)13-19-14(21-15(23)20-13)22(17)9-10-5-2-1-3-6-10/h1-8H,9,17H2,(H,19,20,21,23). The van der Waals surface area contributed by atoms with Gasteiger partial charge in [0.1, 0.15) is 5.69 Å². The van der Waals surface area contributed by atoms with Gasteiger partial charge in [-0.1, -0.05) is 41.9 Å². The molecule has 0 fully saturated rings. The van der Waals surface area contributed by atoms with Crippen LogP contribution in [0.4, 0.5) is 5.95 Å². The topological polar surface area (TPSA) is 101 Å². The fourth-order valence-electron chi connectivity index (χ4n) is 2.02. The minimum atomic E-state index is -0.574. The SMILES string of the molecule is NN(Cc1ccccc1)c1nc(-c2ncccc2Cl)[nH]c(=O)n1. The van der Waals surface area contributed by atoms with Gasteiger partial charge in [-0.2, -0.15) is 9.97 Å². The first-order chi connectivity index (χ1) is 11.1. The lowest BCUT2D eigenvalue weighted by atomic mass is 10.2. The van der Waals surface area contributed by atoms with E-state index in [2.05, 4.69) is 19.9 Å². The third-order valence-electron chi connectivity index (χ3n) is 3.07. The average molecular weight is 329 g/mol. The highest BCUT2D eigenvalue weighted by molar-refractivity contribution is 6.32. The Morgan fingerprint density at radius 1 is 1.13 bits per heavy atom. The zero-order valence-electron chi connectivity index (χ0n) is 12.0. The number of aromatic amines is 1. The van der Waals surface area contributed by atoms with Gasteiger partial charge in [0, 0.05) is 6.20 Å². The van der Waals surface area contributed by atoms with Crippen LogP contribution in [0.15, 0.2) is 53.5 Å². The summed E-state index contributed by atoms with van der Waals surface area (Å²) in [5, 5.41) is 1.67. The monoisotopic (exact) mass is 328 g/mol. The van der Waals surface area contributed by atoms with Crippen LogP contribution < -0.4 is 16.5 Å². The smallest absolute Gasteiger partial charge is 0.288 e. The number of halogens is 1. The molecule has 0 amide bonds. The molecular weight excluding hydrogens is 316 g/mol. The molecule has 0 saturated carbocycles. The zero-order chi connectivity index (χ0) is 16.2. The Balaban J connectivity index is 1.95. The van der Waals surface area contributed by atoms with Crippen LogP contribution in [0.5, 0.6) is 0 Å². The fraction of sp³-hybridized carbons (Fsp3) is 0.0667. The number of anilines is 1. The number of nitrogens with one attached hydrogen (secondary N) is 1. The van der Waals surface area contributed by atoms with Crippen molar-refractivity contribution in [2.24, 2.45) is 5.84 Å². The first-order valence-corrected chi connectivity index (χ1v) is 7.16. The van der Waals surface area contributed by atoms with Crippen LogP contribution in [0.2, 0.25) is 5.02 Å². The molecule has 0 bridgehead atoms. The van der Waals surface area contributed by atoms with E-state index < -0.39 is 5.69 Å². The highest BCUT2D eigenvalue weighted by Crippen LogP contribution is 2.21. The molecule has 0 atom stereocenters. The number of nitrogens with zero attached hydrogens (tertiary/aromatic N) is 4. The Morgan fingerprint density at radius 2 is 1.91 bits per heavy atom. The number of nitrogens with two attached hydrogens (primary N) is 1. The van der Waals surface area contributed by atoms with Crippen LogP contribution >= 0.6 is 11.6 Å². The maximum atomic E-state index is 11.8. The minimum Gasteiger partial charge on any atom is -0.288 e. The van der Waals surface area contributed by atoms with Gasteiger partial charge in [-0.25, -0.2) is 10.6 Å². The lowest BCUT2D eigenvalue weighted by Gasteiger charge is -2.16. The molecule has 2 aromatic heterocycles. The fourth-order valence-corrected chi connectivity index (χ4v) is 2.24. The summed E-state index contributed by atoms with van der Waals surface area (Å²) in [6, 6.07) is 12.9. The Kier molecular flexibility index (Phi) is 4.31. The summed E-state index contributed by atoms with van der Waals surface area (Å²) < 4.78 is 0. The summed E-state index contributed by atoms with van der Waals surface area (Å²) >= 11 is 6.08. The van der Waals surface area contributed by atoms with Crippen molar-refractivity contribution >= 4 is 17.5 Å². The maximum Gasteiger partial charge on any atom is 0.349 e. The number of hydrazine groups is 1. The average Bonchev–Trinajstić information content (AvgIpc) is 2.55. The van der Waals surface area contributed by atoms with Gasteiger partial charge in [-0.05, 0) is 17.7 Å². The van der Waals surface area contributed by atoms with Gasteiger partial charge in [0.2, 0.25) is 5.95 Å². The molecule has 0 saturated heterocycles. The van der Waals surface area contributed by atoms with Crippen molar-refractivity contribution < 1.29 is 0 Å². The van der Waals surface area contributed by atoms with Crippen molar-refractivity contribution in [1.82, 2.24) is 19.9 Å². The number of aromatic nitrogens is 4. The second kappa shape index (κ2) is 6.55. The molecule has 3 rings (SSSR count). The molecule has 0 radical (unpaired) electrons. The van der Waals surface area contributed by atoms with Crippen LogP contribution in [0, 0.1) is 0 Å². The van der Waals surface area contributed by atoms with Gasteiger partial charge in [-0.15, -0.1) is 0 Å². The third-order valence-corrected chi connectivity index (χ3v) is 3.38. The lowest BCUT2D eigenvalue weighted by molar-refractivity contribution is 0.790. The Hall–Kier alpha value is -2.77. The number of pyridine rings is 1. The predicted molar refractivity (Wildman–Crippen MR) is 87.7 cm³/mol. The summed E-state index contributed by atoms with van der Waals surface area (Å²) in [5.41, 5.74) is 0.759. The van der Waals surface area contributed by atoms with Crippen molar-refractivity contribution in [2.75, 3.05) is 5.01 Å². The molecule has 0 aliphatic carbocycles. The highest BCUT2D eigenvalue weighted by Gasteiger charge is 2.13. The number of hydrogen-bond donors (Lipinski definition) is 2. The highest BCUT2D eigenvalue weighted by atomic mass is 35.5. The molecule has 0 aliphatic rings. The van der Waals surface area contributed by atoms with Crippen LogP contribution in [0.25, 0.3) is 11.5 Å². The van der Waals surface area contributed by atoms with Crippen molar-refractivity contribution in [3.05, 3.63) is 69.7 Å². The molecule has 0 spiro atoms. The summed E-state index contributed by atoms with van der Waals surface area (Å²) in [7, 11) is 0. The molecule has 3 N–H and O–H groups in total. The molecular formula is C15H13ClN6O. The normalized spacial score (nSPS) is 10.5. The summed E-state index contributed by atoms with van der Waals surface area (Å²) in [6.45, 7) is 0.361. The van der Waals surface area contributed by atoms with E-state index in [1.807, 2.05) is 30.3 Å². The van der Waals surface area contributed by atoms with Crippen LogP contribution in [-0.2, 0) is 6.54 Å². The summed E-state index contributed by atoms with van der Waals surface area (Å²) in [4.78, 5) is 26.5. The van der Waals surface area contributed by atoms with E-state index in [9.17, 15) is 4.79 Å². The minimum absolute atomic E-state index is 0.0920. The molecule has 2 heterocycles. The van der Waals surface area contributed by atoms with Gasteiger partial charge >= 0.3 is 5.69 Å². The van der Waals surface area contributed by atoms with Crippen LogP contribution in [-0.4, -0.2) is 19.9 Å². The molecule has 116 valence electrons. The Labute approximate surface area is 136 Å². The largest absolute Gasteiger partial charge is 0.349 e. The Morgan fingerprint density at radius 3 is 2.65 bits per heavy atom. The van der Waals surface area contributed by atoms with Gasteiger partial charge in [0.25, 0.3) is 0 Å². The third kappa shape index (κ3) is 3.53. The van der Waals surface area contributed by atoms with Gasteiger partial charge in [-0.3, -0.25) is 15.0 Å². The van der Waals surface area contributed by atoms with Gasteiger partial charge < -0.3 is 0 Å². The molecule has 8 heteroatoms. The van der Waals surface area contributed by atoms with Crippen LogP contribution in [0.3, 0.4) is 0 Å². The number of rotatable bonds is 4. The van der Waals surface area contributed by atoms with E-state index in [0.717, 1.165) is 5.56 Å². The first kappa shape index (κ1) is 15.1. The van der Waals surface area contributed by atoms with Gasteiger partial charge in [0.15, 0.2) is 5.82 Å². The second-order valence-electron chi connectivity index (χ2n) is 4.75. The quantitative estimate of drug-likeness (QED) is 0.559. The first-order valence-electron chi connectivity index (χ1n) is 6.79.